The normalized spacial score (nSPS) is 16.3. The number of aliphatic hydroxyl groups is 1. The summed E-state index contributed by atoms with van der Waals surface area (Å²) < 4.78 is 132. The average Bonchev–Trinajstić information content (AvgIpc) is 3.71. The van der Waals surface area contributed by atoms with E-state index >= 15 is 0 Å². The van der Waals surface area contributed by atoms with Crippen LogP contribution in [-0.2, 0) is 12.0 Å². The van der Waals surface area contributed by atoms with E-state index in [9.17, 15) is 44.6 Å². The molecule has 0 amide bonds. The molecule has 1 saturated carbocycles. The summed E-state index contributed by atoms with van der Waals surface area (Å²) in [5.41, 5.74) is -1.48. The minimum absolute atomic E-state index is 0.0970. The number of benzene rings is 3. The molecule has 3 aromatic rings. The maximum atomic E-state index is 14.9. The van der Waals surface area contributed by atoms with Crippen molar-refractivity contribution in [3.63, 3.8) is 0 Å². The topological polar surface area (TPSA) is 50.7 Å². The molecule has 0 unspecified atom stereocenters. The van der Waals surface area contributed by atoms with Crippen LogP contribution >= 0.6 is 0 Å². The van der Waals surface area contributed by atoms with Crippen LogP contribution in [-0.4, -0.2) is 42.6 Å². The molecule has 1 fully saturated rings. The molecule has 2 N–H and O–H groups in total. The number of hydrogen-bond donors (Lipinski definition) is 2. The number of aliphatic hydroxyl groups excluding tert-OH is 1. The summed E-state index contributed by atoms with van der Waals surface area (Å²) >= 11 is 0. The molecule has 228 valence electrons. The van der Waals surface area contributed by atoms with Gasteiger partial charge in [-0.15, -0.1) is 0 Å². The smallest absolute Gasteiger partial charge is 0.461 e. The van der Waals surface area contributed by atoms with Crippen LogP contribution in [0.4, 0.5) is 39.5 Å². The van der Waals surface area contributed by atoms with Crippen LogP contribution in [0.1, 0.15) is 36.0 Å². The molecule has 2 atom stereocenters. The van der Waals surface area contributed by atoms with Crippen molar-refractivity contribution in [3.05, 3.63) is 95.1 Å². The standard InChI is InChI=1S/C29H26F9NO3/c30-20-10-19(11-23(13-20)42-29(37,38)26(32)33)27(14-17-4-2-1-3-5-17,39-16-21(40)15-28(34,35)36)18-6-9-24(31)25(12-18)41-22-7-8-22/h1-6,9-13,21-22,26,39-40H,7-8,14-16H2/t21-,27-/m1/s1. The van der Waals surface area contributed by atoms with Gasteiger partial charge in [-0.25, -0.2) is 8.78 Å². The van der Waals surface area contributed by atoms with E-state index in [2.05, 4.69) is 10.1 Å². The zero-order valence-electron chi connectivity index (χ0n) is 21.8. The van der Waals surface area contributed by atoms with Crippen LogP contribution in [0.15, 0.2) is 66.7 Å². The number of nitrogens with one attached hydrogen (secondary N) is 1. The van der Waals surface area contributed by atoms with E-state index in [0.29, 0.717) is 24.5 Å². The molecule has 13 heteroatoms. The average molecular weight is 608 g/mol. The van der Waals surface area contributed by atoms with Gasteiger partial charge >= 0.3 is 18.7 Å². The quantitative estimate of drug-likeness (QED) is 0.203. The highest BCUT2D eigenvalue weighted by Crippen LogP contribution is 2.40. The lowest BCUT2D eigenvalue weighted by molar-refractivity contribution is -0.253. The fourth-order valence-electron chi connectivity index (χ4n) is 4.47. The molecular weight excluding hydrogens is 581 g/mol. The number of ether oxygens (including phenoxy) is 2. The van der Waals surface area contributed by atoms with E-state index in [-0.39, 0.29) is 29.4 Å². The van der Waals surface area contributed by atoms with Crippen molar-refractivity contribution in [1.82, 2.24) is 5.32 Å². The molecule has 4 nitrogen and oxygen atoms in total. The van der Waals surface area contributed by atoms with E-state index in [1.165, 1.54) is 12.1 Å². The highest BCUT2D eigenvalue weighted by atomic mass is 19.4. The van der Waals surface area contributed by atoms with Gasteiger partial charge in [0, 0.05) is 12.6 Å². The van der Waals surface area contributed by atoms with Crippen molar-refractivity contribution < 1.29 is 54.1 Å². The van der Waals surface area contributed by atoms with Crippen molar-refractivity contribution in [2.24, 2.45) is 0 Å². The Bertz CT molecular complexity index is 1350. The van der Waals surface area contributed by atoms with Gasteiger partial charge in [-0.2, -0.15) is 30.7 Å². The van der Waals surface area contributed by atoms with Gasteiger partial charge < -0.3 is 19.9 Å². The molecule has 1 aliphatic carbocycles. The molecule has 0 spiro atoms. The number of hydrogen-bond acceptors (Lipinski definition) is 4. The predicted molar refractivity (Wildman–Crippen MR) is 134 cm³/mol. The van der Waals surface area contributed by atoms with Crippen molar-refractivity contribution >= 4 is 0 Å². The van der Waals surface area contributed by atoms with Crippen molar-refractivity contribution in [2.45, 2.75) is 62.1 Å². The van der Waals surface area contributed by atoms with E-state index in [4.69, 9.17) is 4.74 Å². The molecule has 0 aliphatic heterocycles. The van der Waals surface area contributed by atoms with Crippen LogP contribution in [0.25, 0.3) is 0 Å². The Kier molecular flexibility index (Phi) is 9.31. The molecule has 1 aliphatic rings. The maximum Gasteiger partial charge on any atom is 0.461 e. The maximum absolute atomic E-state index is 14.9. The zero-order chi connectivity index (χ0) is 30.7. The van der Waals surface area contributed by atoms with Gasteiger partial charge in [-0.05, 0) is 60.2 Å². The van der Waals surface area contributed by atoms with Gasteiger partial charge in [0.15, 0.2) is 11.6 Å². The Balaban J connectivity index is 1.89. The van der Waals surface area contributed by atoms with Crippen LogP contribution < -0.4 is 14.8 Å². The summed E-state index contributed by atoms with van der Waals surface area (Å²) in [6.45, 7) is -0.748. The Morgan fingerprint density at radius 3 is 2.19 bits per heavy atom. The van der Waals surface area contributed by atoms with Crippen molar-refractivity contribution in [2.75, 3.05) is 6.54 Å². The molecule has 0 heterocycles. The van der Waals surface area contributed by atoms with E-state index < -0.39 is 60.7 Å². The molecule has 0 saturated heterocycles. The third kappa shape index (κ3) is 8.09. The first-order valence-corrected chi connectivity index (χ1v) is 12.8. The molecule has 0 bridgehead atoms. The van der Waals surface area contributed by atoms with Crippen molar-refractivity contribution in [1.29, 1.82) is 0 Å². The van der Waals surface area contributed by atoms with Gasteiger partial charge in [0.1, 0.15) is 11.6 Å². The minimum atomic E-state index is -5.00. The molecule has 4 rings (SSSR count). The summed E-state index contributed by atoms with van der Waals surface area (Å²) in [6.07, 6.45) is -16.8. The van der Waals surface area contributed by atoms with Crippen LogP contribution in [0, 0.1) is 11.6 Å². The lowest BCUT2D eigenvalue weighted by atomic mass is 9.77. The van der Waals surface area contributed by atoms with Crippen LogP contribution in [0.5, 0.6) is 11.5 Å². The van der Waals surface area contributed by atoms with Crippen LogP contribution in [0.2, 0.25) is 0 Å². The lowest BCUT2D eigenvalue weighted by Crippen LogP contribution is -2.49. The fraction of sp³-hybridized carbons (Fsp3) is 0.379. The lowest BCUT2D eigenvalue weighted by Gasteiger charge is -2.38. The molecule has 3 aromatic carbocycles. The first kappa shape index (κ1) is 31.5. The molecule has 0 aromatic heterocycles. The highest BCUT2D eigenvalue weighted by molar-refractivity contribution is 5.47. The number of rotatable bonds is 13. The third-order valence-electron chi connectivity index (χ3n) is 6.53. The van der Waals surface area contributed by atoms with E-state index in [1.807, 2.05) is 0 Å². The summed E-state index contributed by atoms with van der Waals surface area (Å²) in [5, 5.41) is 13.0. The Labute approximate surface area is 235 Å². The van der Waals surface area contributed by atoms with Crippen LogP contribution in [0.3, 0.4) is 0 Å². The van der Waals surface area contributed by atoms with Gasteiger partial charge in [0.2, 0.25) is 0 Å². The summed E-state index contributed by atoms with van der Waals surface area (Å²) in [6, 6.07) is 13.8. The predicted octanol–water partition coefficient (Wildman–Crippen LogP) is 7.13. The van der Waals surface area contributed by atoms with Gasteiger partial charge in [0.25, 0.3) is 0 Å². The van der Waals surface area contributed by atoms with E-state index in [1.54, 1.807) is 30.3 Å². The fourth-order valence-corrected chi connectivity index (χ4v) is 4.47. The summed E-state index contributed by atoms with van der Waals surface area (Å²) in [4.78, 5) is 0. The molecular formula is C29H26F9NO3. The second-order valence-electron chi connectivity index (χ2n) is 10.0. The largest absolute Gasteiger partial charge is 0.487 e. The third-order valence-corrected chi connectivity index (χ3v) is 6.53. The Morgan fingerprint density at radius 1 is 0.881 bits per heavy atom. The number of alkyl halides is 7. The number of halogens is 9. The first-order chi connectivity index (χ1) is 19.7. The molecule has 42 heavy (non-hydrogen) atoms. The summed E-state index contributed by atoms with van der Waals surface area (Å²) in [7, 11) is 0. The SMILES string of the molecule is O[C@@H](CN[C@@](Cc1ccccc1)(c1cc(F)cc(OC(F)(F)C(F)F)c1)c1ccc(F)c(OC2CC2)c1)CC(F)(F)F. The second kappa shape index (κ2) is 12.4. The zero-order valence-corrected chi connectivity index (χ0v) is 21.8. The van der Waals surface area contributed by atoms with Crippen molar-refractivity contribution in [3.8, 4) is 11.5 Å². The van der Waals surface area contributed by atoms with Gasteiger partial charge in [-0.1, -0.05) is 36.4 Å². The highest BCUT2D eigenvalue weighted by Gasteiger charge is 2.45. The Morgan fingerprint density at radius 2 is 1.57 bits per heavy atom. The second-order valence-corrected chi connectivity index (χ2v) is 10.0. The monoisotopic (exact) mass is 607 g/mol. The molecule has 0 radical (unpaired) electrons. The first-order valence-electron chi connectivity index (χ1n) is 12.8. The minimum Gasteiger partial charge on any atom is -0.487 e. The van der Waals surface area contributed by atoms with Gasteiger partial charge in [-0.3, -0.25) is 0 Å². The Hall–Kier alpha value is -3.45. The van der Waals surface area contributed by atoms with Gasteiger partial charge in [0.05, 0.1) is 24.2 Å². The summed E-state index contributed by atoms with van der Waals surface area (Å²) in [5.74, 6) is -3.18. The van der Waals surface area contributed by atoms with E-state index in [0.717, 1.165) is 18.2 Å².